The Balaban J connectivity index is 2.53. The molecule has 2 rings (SSSR count). The van der Waals surface area contributed by atoms with E-state index in [1.165, 1.54) is 42.9 Å². The van der Waals surface area contributed by atoms with E-state index in [0.717, 1.165) is 12.3 Å². The molecule has 0 aliphatic heterocycles. The van der Waals surface area contributed by atoms with Crippen molar-refractivity contribution < 1.29 is 14.3 Å². The van der Waals surface area contributed by atoms with Crippen LogP contribution in [0.4, 0.5) is 10.1 Å². The normalized spacial score (nSPS) is 13.0. The van der Waals surface area contributed by atoms with Crippen LogP contribution in [0.25, 0.3) is 0 Å². The van der Waals surface area contributed by atoms with Crippen LogP contribution in [0, 0.1) is 17.1 Å². The first-order valence-corrected chi connectivity index (χ1v) is 7.30. The highest BCUT2D eigenvalue weighted by Crippen LogP contribution is 2.27. The van der Waals surface area contributed by atoms with Crippen molar-refractivity contribution in [3.8, 4) is 6.07 Å². The largest absolute Gasteiger partial charge is 0.405 e. The molecular formula is C17H16FN5O2. The Morgan fingerprint density at radius 1 is 1.52 bits per heavy atom. The standard InChI is InChI=1S/C17H16FN5O2/c1-10(24)13-7-11(18)3-4-14(13)21-15(5-6-19)17(25)16-8-12(9-20)23(2)22-16/h3-8,10,24H,19H2,1-2H3. The highest BCUT2D eigenvalue weighted by atomic mass is 19.1. The van der Waals surface area contributed by atoms with Gasteiger partial charge in [-0.3, -0.25) is 9.48 Å². The van der Waals surface area contributed by atoms with E-state index in [1.54, 1.807) is 0 Å². The molecule has 1 heterocycles. The first-order chi connectivity index (χ1) is 11.9. The number of aliphatic hydroxyl groups is 1. The molecule has 128 valence electrons. The first kappa shape index (κ1) is 18.0. The lowest BCUT2D eigenvalue weighted by Gasteiger charge is -2.09. The molecule has 0 aliphatic rings. The van der Waals surface area contributed by atoms with Crippen molar-refractivity contribution in [1.82, 2.24) is 9.78 Å². The molecule has 7 nitrogen and oxygen atoms in total. The van der Waals surface area contributed by atoms with Crippen LogP contribution >= 0.6 is 0 Å². The number of aliphatic hydroxyl groups excluding tert-OH is 1. The third-order valence-electron chi connectivity index (χ3n) is 3.39. The Morgan fingerprint density at radius 3 is 2.80 bits per heavy atom. The summed E-state index contributed by atoms with van der Waals surface area (Å²) >= 11 is 0. The molecule has 0 radical (unpaired) electrons. The monoisotopic (exact) mass is 341 g/mol. The Morgan fingerprint density at radius 2 is 2.24 bits per heavy atom. The molecule has 8 heteroatoms. The fourth-order valence-corrected chi connectivity index (χ4v) is 2.16. The van der Waals surface area contributed by atoms with Crippen LogP contribution in [0.1, 0.15) is 34.8 Å². The molecule has 0 saturated carbocycles. The van der Waals surface area contributed by atoms with Crippen molar-refractivity contribution in [2.24, 2.45) is 17.8 Å². The van der Waals surface area contributed by atoms with Crippen LogP contribution in [0.3, 0.4) is 0 Å². The minimum absolute atomic E-state index is 0.0246. The maximum Gasteiger partial charge on any atom is 0.231 e. The predicted octanol–water partition coefficient (Wildman–Crippen LogP) is 1.91. The number of halogens is 1. The molecule has 1 aromatic heterocycles. The summed E-state index contributed by atoms with van der Waals surface area (Å²) < 4.78 is 14.7. The van der Waals surface area contributed by atoms with E-state index in [-0.39, 0.29) is 28.4 Å². The smallest absolute Gasteiger partial charge is 0.231 e. The second kappa shape index (κ2) is 7.51. The SMILES string of the molecule is CC(O)c1cc(F)ccc1N=C(C=CN)C(=O)c1cc(C#N)n(C)n1. The maximum atomic E-state index is 13.4. The van der Waals surface area contributed by atoms with E-state index in [0.29, 0.717) is 0 Å². The fourth-order valence-electron chi connectivity index (χ4n) is 2.16. The molecule has 1 aromatic carbocycles. The van der Waals surface area contributed by atoms with Crippen molar-refractivity contribution in [3.05, 3.63) is 59.3 Å². The zero-order chi connectivity index (χ0) is 18.6. The van der Waals surface area contributed by atoms with Crippen LogP contribution in [0.5, 0.6) is 0 Å². The summed E-state index contributed by atoms with van der Waals surface area (Å²) in [4.78, 5) is 16.8. The van der Waals surface area contributed by atoms with Gasteiger partial charge in [-0.2, -0.15) is 10.4 Å². The third kappa shape index (κ3) is 3.97. The number of rotatable bonds is 5. The molecule has 2 aromatic rings. The highest BCUT2D eigenvalue weighted by molar-refractivity contribution is 6.49. The molecule has 0 amide bonds. The number of Topliss-reactive ketones (excluding diaryl/α,β-unsaturated/α-hetero) is 1. The molecule has 0 aliphatic carbocycles. The van der Waals surface area contributed by atoms with Crippen LogP contribution < -0.4 is 5.73 Å². The number of ketones is 1. The van der Waals surface area contributed by atoms with Gasteiger partial charge in [0.05, 0.1) is 11.8 Å². The second-order valence-corrected chi connectivity index (χ2v) is 5.21. The quantitative estimate of drug-likeness (QED) is 0.636. The van der Waals surface area contributed by atoms with Crippen molar-refractivity contribution in [1.29, 1.82) is 5.26 Å². The number of nitrogens with zero attached hydrogens (tertiary/aromatic N) is 4. The number of nitrogens with two attached hydrogens (primary N) is 1. The summed E-state index contributed by atoms with van der Waals surface area (Å²) in [6.07, 6.45) is 1.43. The molecule has 0 saturated heterocycles. The highest BCUT2D eigenvalue weighted by Gasteiger charge is 2.18. The minimum atomic E-state index is -0.979. The van der Waals surface area contributed by atoms with Crippen LogP contribution in [-0.2, 0) is 7.05 Å². The lowest BCUT2D eigenvalue weighted by Crippen LogP contribution is -2.14. The van der Waals surface area contributed by atoms with E-state index >= 15 is 0 Å². The van der Waals surface area contributed by atoms with Gasteiger partial charge in [0.15, 0.2) is 0 Å². The fraction of sp³-hybridized carbons (Fsp3) is 0.176. The molecule has 0 spiro atoms. The average Bonchev–Trinajstić information content (AvgIpc) is 2.96. The number of hydrogen-bond acceptors (Lipinski definition) is 6. The lowest BCUT2D eigenvalue weighted by atomic mass is 10.1. The van der Waals surface area contributed by atoms with Crippen molar-refractivity contribution in [2.75, 3.05) is 0 Å². The summed E-state index contributed by atoms with van der Waals surface area (Å²) in [5.41, 5.74) is 6.02. The molecule has 0 bridgehead atoms. The van der Waals surface area contributed by atoms with Gasteiger partial charge in [-0.25, -0.2) is 9.38 Å². The van der Waals surface area contributed by atoms with E-state index in [4.69, 9.17) is 11.0 Å². The molecule has 1 atom stereocenters. The lowest BCUT2D eigenvalue weighted by molar-refractivity contribution is 0.106. The zero-order valence-corrected chi connectivity index (χ0v) is 13.6. The van der Waals surface area contributed by atoms with E-state index < -0.39 is 17.7 Å². The third-order valence-corrected chi connectivity index (χ3v) is 3.39. The van der Waals surface area contributed by atoms with Gasteiger partial charge in [0, 0.05) is 18.7 Å². The number of carbonyl (C=O) groups excluding carboxylic acids is 1. The Kier molecular flexibility index (Phi) is 5.41. The number of allylic oxidation sites excluding steroid dienone is 1. The Hall–Kier alpha value is -3.31. The Labute approximate surface area is 143 Å². The number of nitriles is 1. The number of benzene rings is 1. The number of hydrogen-bond donors (Lipinski definition) is 2. The minimum Gasteiger partial charge on any atom is -0.405 e. The maximum absolute atomic E-state index is 13.4. The summed E-state index contributed by atoms with van der Waals surface area (Å²) in [6.45, 7) is 1.46. The van der Waals surface area contributed by atoms with Gasteiger partial charge in [-0.05, 0) is 37.4 Å². The van der Waals surface area contributed by atoms with Gasteiger partial charge >= 0.3 is 0 Å². The van der Waals surface area contributed by atoms with Crippen molar-refractivity contribution >= 4 is 17.2 Å². The van der Waals surface area contributed by atoms with Crippen LogP contribution in [-0.4, -0.2) is 26.4 Å². The molecular weight excluding hydrogens is 325 g/mol. The molecule has 1 unspecified atom stereocenters. The zero-order valence-electron chi connectivity index (χ0n) is 13.6. The molecule has 3 N–H and O–H groups in total. The molecule has 0 fully saturated rings. The summed E-state index contributed by atoms with van der Waals surface area (Å²) in [6, 6.07) is 6.92. The van der Waals surface area contributed by atoms with E-state index in [2.05, 4.69) is 10.1 Å². The summed E-state index contributed by atoms with van der Waals surface area (Å²) in [7, 11) is 1.54. The predicted molar refractivity (Wildman–Crippen MR) is 89.7 cm³/mol. The number of aromatic nitrogens is 2. The van der Waals surface area contributed by atoms with Gasteiger partial charge in [-0.15, -0.1) is 0 Å². The van der Waals surface area contributed by atoms with E-state index in [9.17, 15) is 14.3 Å². The van der Waals surface area contributed by atoms with Gasteiger partial charge in [0.1, 0.15) is 29.0 Å². The van der Waals surface area contributed by atoms with Gasteiger partial charge in [-0.1, -0.05) is 0 Å². The summed E-state index contributed by atoms with van der Waals surface area (Å²) in [5.74, 6) is -1.08. The second-order valence-electron chi connectivity index (χ2n) is 5.21. The average molecular weight is 341 g/mol. The number of carbonyl (C=O) groups is 1. The summed E-state index contributed by atoms with van der Waals surface area (Å²) in [5, 5.41) is 22.7. The van der Waals surface area contributed by atoms with Crippen molar-refractivity contribution in [2.45, 2.75) is 13.0 Å². The van der Waals surface area contributed by atoms with Gasteiger partial charge in [0.25, 0.3) is 0 Å². The number of aryl methyl sites for hydroxylation is 1. The van der Waals surface area contributed by atoms with Crippen molar-refractivity contribution in [3.63, 3.8) is 0 Å². The topological polar surface area (TPSA) is 117 Å². The Bertz CT molecular complexity index is 906. The first-order valence-electron chi connectivity index (χ1n) is 7.30. The van der Waals surface area contributed by atoms with Gasteiger partial charge in [0.2, 0.25) is 5.78 Å². The number of aliphatic imine (C=N–C) groups is 1. The molecule has 25 heavy (non-hydrogen) atoms. The van der Waals surface area contributed by atoms with Crippen LogP contribution in [0.15, 0.2) is 41.5 Å². The van der Waals surface area contributed by atoms with Gasteiger partial charge < -0.3 is 10.8 Å². The van der Waals surface area contributed by atoms with E-state index in [1.807, 2.05) is 6.07 Å². The van der Waals surface area contributed by atoms with Crippen LogP contribution in [0.2, 0.25) is 0 Å².